The van der Waals surface area contributed by atoms with Crippen LogP contribution in [0.25, 0.3) is 0 Å². The van der Waals surface area contributed by atoms with E-state index in [4.69, 9.17) is 9.47 Å². The Morgan fingerprint density at radius 1 is 0.886 bits per heavy atom. The molecule has 0 aliphatic heterocycles. The molecule has 0 spiro atoms. The molecule has 3 rings (SSSR count). The summed E-state index contributed by atoms with van der Waals surface area (Å²) in [7, 11) is 1.56. The quantitative estimate of drug-likeness (QED) is 0.248. The molecule has 35 heavy (non-hydrogen) atoms. The van der Waals surface area contributed by atoms with Crippen LogP contribution in [0.4, 0.5) is 10.1 Å². The third-order valence-electron chi connectivity index (χ3n) is 4.58. The number of nitrogens with one attached hydrogen (secondary N) is 3. The standard InChI is InChI=1S/C25H23FN4O5/c1-34-21-10-2-17(3-11-21)14-27-24(32)25(33)30-28-15-18-4-12-22(13-5-18)35-16-23(31)29-20-8-6-19(26)7-9-20/h2-13,15H,14,16H2,1H3,(H,27,32)(H,29,31)(H,30,33)/b28-15-. The molecule has 0 atom stereocenters. The van der Waals surface area contributed by atoms with Gasteiger partial charge < -0.3 is 20.1 Å². The van der Waals surface area contributed by atoms with Gasteiger partial charge in [0.05, 0.1) is 13.3 Å². The molecule has 9 nitrogen and oxygen atoms in total. The third kappa shape index (κ3) is 8.28. The molecule has 10 heteroatoms. The topological polar surface area (TPSA) is 118 Å². The normalized spacial score (nSPS) is 10.5. The van der Waals surface area contributed by atoms with Gasteiger partial charge in [0.25, 0.3) is 5.91 Å². The monoisotopic (exact) mass is 478 g/mol. The molecule has 3 amide bonds. The van der Waals surface area contributed by atoms with Crippen molar-refractivity contribution in [3.05, 3.63) is 89.7 Å². The van der Waals surface area contributed by atoms with Crippen molar-refractivity contribution in [3.8, 4) is 11.5 Å². The molecule has 0 aromatic heterocycles. The van der Waals surface area contributed by atoms with Crippen LogP contribution < -0.4 is 25.5 Å². The Hall–Kier alpha value is -4.73. The highest BCUT2D eigenvalue weighted by Gasteiger charge is 2.12. The van der Waals surface area contributed by atoms with Crippen LogP contribution in [0.15, 0.2) is 77.9 Å². The molecule has 3 N–H and O–H groups in total. The molecule has 0 saturated carbocycles. The van der Waals surface area contributed by atoms with Gasteiger partial charge in [-0.2, -0.15) is 5.10 Å². The number of halogens is 1. The highest BCUT2D eigenvalue weighted by atomic mass is 19.1. The fraction of sp³-hybridized carbons (Fsp3) is 0.120. The Bertz CT molecular complexity index is 1180. The fourth-order valence-corrected chi connectivity index (χ4v) is 2.75. The van der Waals surface area contributed by atoms with E-state index in [-0.39, 0.29) is 13.2 Å². The fourth-order valence-electron chi connectivity index (χ4n) is 2.75. The summed E-state index contributed by atoms with van der Waals surface area (Å²) in [6.07, 6.45) is 1.36. The predicted molar refractivity (Wildman–Crippen MR) is 128 cm³/mol. The summed E-state index contributed by atoms with van der Waals surface area (Å²) in [5.41, 5.74) is 4.06. The third-order valence-corrected chi connectivity index (χ3v) is 4.58. The van der Waals surface area contributed by atoms with E-state index < -0.39 is 23.5 Å². The first-order valence-corrected chi connectivity index (χ1v) is 10.5. The van der Waals surface area contributed by atoms with E-state index in [0.29, 0.717) is 22.7 Å². The van der Waals surface area contributed by atoms with Crippen molar-refractivity contribution >= 4 is 29.6 Å². The maximum absolute atomic E-state index is 12.9. The van der Waals surface area contributed by atoms with Crippen molar-refractivity contribution in [1.29, 1.82) is 0 Å². The molecule has 0 heterocycles. The van der Waals surface area contributed by atoms with E-state index >= 15 is 0 Å². The molecule has 0 aliphatic rings. The molecule has 0 aliphatic carbocycles. The van der Waals surface area contributed by atoms with E-state index in [1.54, 1.807) is 55.6 Å². The van der Waals surface area contributed by atoms with Crippen LogP contribution in [0.1, 0.15) is 11.1 Å². The first kappa shape index (κ1) is 24.9. The number of amides is 3. The second-order valence-electron chi connectivity index (χ2n) is 7.14. The minimum atomic E-state index is -0.901. The summed E-state index contributed by atoms with van der Waals surface area (Å²) in [4.78, 5) is 35.7. The van der Waals surface area contributed by atoms with E-state index in [2.05, 4.69) is 21.2 Å². The maximum Gasteiger partial charge on any atom is 0.329 e. The van der Waals surface area contributed by atoms with Crippen LogP contribution in [0, 0.1) is 5.82 Å². The van der Waals surface area contributed by atoms with Gasteiger partial charge >= 0.3 is 11.8 Å². The number of carbonyl (C=O) groups is 3. The predicted octanol–water partition coefficient (Wildman–Crippen LogP) is 2.62. The van der Waals surface area contributed by atoms with E-state index in [0.717, 1.165) is 5.56 Å². The van der Waals surface area contributed by atoms with Crippen LogP contribution in [-0.4, -0.2) is 37.7 Å². The Balaban J connectivity index is 1.38. The molecule has 0 radical (unpaired) electrons. The number of benzene rings is 3. The van der Waals surface area contributed by atoms with Gasteiger partial charge in [-0.15, -0.1) is 0 Å². The van der Waals surface area contributed by atoms with Gasteiger partial charge in [-0.3, -0.25) is 14.4 Å². The zero-order valence-corrected chi connectivity index (χ0v) is 18.8. The summed E-state index contributed by atoms with van der Waals surface area (Å²) in [6.45, 7) is -0.0458. The smallest absolute Gasteiger partial charge is 0.329 e. The number of hydrazone groups is 1. The molecule has 0 bridgehead atoms. The van der Waals surface area contributed by atoms with Crippen LogP contribution in [0.5, 0.6) is 11.5 Å². The van der Waals surface area contributed by atoms with Crippen LogP contribution in [0.3, 0.4) is 0 Å². The highest BCUT2D eigenvalue weighted by molar-refractivity contribution is 6.35. The average molecular weight is 478 g/mol. The number of hydrogen-bond acceptors (Lipinski definition) is 6. The summed E-state index contributed by atoms with van der Waals surface area (Å²) in [5.74, 6) is -1.37. The van der Waals surface area contributed by atoms with Gasteiger partial charge in [-0.25, -0.2) is 9.82 Å². The number of ether oxygens (including phenoxy) is 2. The van der Waals surface area contributed by atoms with Crippen LogP contribution >= 0.6 is 0 Å². The zero-order chi connectivity index (χ0) is 25.0. The van der Waals surface area contributed by atoms with Gasteiger partial charge in [0, 0.05) is 12.2 Å². The summed E-state index contributed by atoms with van der Waals surface area (Å²) in [6, 6.07) is 19.0. The lowest BCUT2D eigenvalue weighted by Gasteiger charge is -2.07. The molecular formula is C25H23FN4O5. The molecule has 180 valence electrons. The SMILES string of the molecule is COc1ccc(CNC(=O)C(=O)N/N=C\c2ccc(OCC(=O)Nc3ccc(F)cc3)cc2)cc1. The molecule has 3 aromatic rings. The van der Waals surface area contributed by atoms with Crippen LogP contribution in [-0.2, 0) is 20.9 Å². The van der Waals surface area contributed by atoms with Crippen molar-refractivity contribution < 1.29 is 28.2 Å². The van der Waals surface area contributed by atoms with E-state index in [1.807, 2.05) is 0 Å². The first-order valence-electron chi connectivity index (χ1n) is 10.5. The molecular weight excluding hydrogens is 455 g/mol. The minimum absolute atomic E-state index is 0.184. The molecule has 3 aromatic carbocycles. The van der Waals surface area contributed by atoms with Gasteiger partial charge in [0.1, 0.15) is 17.3 Å². The van der Waals surface area contributed by atoms with Gasteiger partial charge in [-0.1, -0.05) is 12.1 Å². The van der Waals surface area contributed by atoms with Gasteiger partial charge in [0.2, 0.25) is 0 Å². The summed E-state index contributed by atoms with van der Waals surface area (Å²) < 4.78 is 23.4. The second kappa shape index (κ2) is 12.5. The highest BCUT2D eigenvalue weighted by Crippen LogP contribution is 2.13. The van der Waals surface area contributed by atoms with Crippen molar-refractivity contribution in [1.82, 2.24) is 10.7 Å². The Labute approximate surface area is 200 Å². The average Bonchev–Trinajstić information content (AvgIpc) is 2.88. The Kier molecular flexibility index (Phi) is 8.89. The zero-order valence-electron chi connectivity index (χ0n) is 18.8. The van der Waals surface area contributed by atoms with Crippen molar-refractivity contribution in [3.63, 3.8) is 0 Å². The number of carbonyl (C=O) groups excluding carboxylic acids is 3. The Morgan fingerprint density at radius 3 is 2.20 bits per heavy atom. The Morgan fingerprint density at radius 2 is 1.54 bits per heavy atom. The van der Waals surface area contributed by atoms with E-state index in [1.165, 1.54) is 30.5 Å². The maximum atomic E-state index is 12.9. The molecule has 0 unspecified atom stereocenters. The lowest BCUT2D eigenvalue weighted by Crippen LogP contribution is -2.37. The number of anilines is 1. The van der Waals surface area contributed by atoms with Crippen molar-refractivity contribution in [2.45, 2.75) is 6.54 Å². The summed E-state index contributed by atoms with van der Waals surface area (Å²) in [5, 5.41) is 8.86. The molecule has 0 saturated heterocycles. The minimum Gasteiger partial charge on any atom is -0.497 e. The van der Waals surface area contributed by atoms with Gasteiger partial charge in [-0.05, 0) is 71.8 Å². The second-order valence-corrected chi connectivity index (χ2v) is 7.14. The lowest BCUT2D eigenvalue weighted by molar-refractivity contribution is -0.139. The van der Waals surface area contributed by atoms with Crippen molar-refractivity contribution in [2.24, 2.45) is 5.10 Å². The number of hydrogen-bond donors (Lipinski definition) is 3. The van der Waals surface area contributed by atoms with Crippen molar-refractivity contribution in [2.75, 3.05) is 19.0 Å². The largest absolute Gasteiger partial charge is 0.497 e. The number of nitrogens with zero attached hydrogens (tertiary/aromatic N) is 1. The lowest BCUT2D eigenvalue weighted by atomic mass is 10.2. The number of methoxy groups -OCH3 is 1. The first-order chi connectivity index (χ1) is 16.9. The van der Waals surface area contributed by atoms with Crippen LogP contribution in [0.2, 0.25) is 0 Å². The van der Waals surface area contributed by atoms with E-state index in [9.17, 15) is 18.8 Å². The van der Waals surface area contributed by atoms with Gasteiger partial charge in [0.15, 0.2) is 6.61 Å². The molecule has 0 fully saturated rings. The number of rotatable bonds is 9. The summed E-state index contributed by atoms with van der Waals surface area (Å²) >= 11 is 0.